The third-order valence-electron chi connectivity index (χ3n) is 5.50. The summed E-state index contributed by atoms with van der Waals surface area (Å²) in [7, 11) is 0. The summed E-state index contributed by atoms with van der Waals surface area (Å²) < 4.78 is 11.7. The van der Waals surface area contributed by atoms with Crippen LogP contribution < -0.4 is 0 Å². The van der Waals surface area contributed by atoms with Crippen LogP contribution in [-0.2, 0) is 14.3 Å². The van der Waals surface area contributed by atoms with E-state index in [2.05, 4.69) is 20.8 Å². The van der Waals surface area contributed by atoms with Crippen LogP contribution in [0.25, 0.3) is 0 Å². The molecular weight excluding hydrogens is 320 g/mol. The molecule has 0 radical (unpaired) electrons. The van der Waals surface area contributed by atoms with Crippen LogP contribution in [0.2, 0.25) is 0 Å². The van der Waals surface area contributed by atoms with Gasteiger partial charge in [0, 0.05) is 17.6 Å². The number of rotatable bonds is 0. The summed E-state index contributed by atoms with van der Waals surface area (Å²) in [5.41, 5.74) is -1.02. The summed E-state index contributed by atoms with van der Waals surface area (Å²) in [6.07, 6.45) is 3.32. The highest BCUT2D eigenvalue weighted by Gasteiger charge is 2.54. The van der Waals surface area contributed by atoms with E-state index in [4.69, 9.17) is 9.47 Å². The Balaban J connectivity index is 1.75. The largest absolute Gasteiger partial charge is 0.444 e. The predicted molar refractivity (Wildman–Crippen MR) is 94.3 cm³/mol. The molecule has 3 heterocycles. The smallest absolute Gasteiger partial charge is 0.410 e. The lowest BCUT2D eigenvalue weighted by atomic mass is 9.83. The Morgan fingerprint density at radius 2 is 1.68 bits per heavy atom. The first-order valence-corrected chi connectivity index (χ1v) is 9.36. The molecule has 1 spiro atoms. The molecule has 3 rings (SSSR count). The van der Waals surface area contributed by atoms with Gasteiger partial charge in [-0.3, -0.25) is 4.79 Å². The van der Waals surface area contributed by atoms with Gasteiger partial charge in [-0.1, -0.05) is 0 Å². The third kappa shape index (κ3) is 3.64. The molecule has 25 heavy (non-hydrogen) atoms. The maximum atomic E-state index is 12.6. The fourth-order valence-electron chi connectivity index (χ4n) is 4.49. The zero-order chi connectivity index (χ0) is 18.6. The number of morpholine rings is 1. The standard InChI is InChI=1S/C19H32N2O4/c1-17(2,3)20-12-19(24-11-15(20)22)9-13-7-8-14(10-19)21(13)16(23)25-18(4,5)6/h13-14H,7-12H2,1-6H3/t13-,14-/m0/s1. The van der Waals surface area contributed by atoms with E-state index in [-0.39, 0.29) is 41.8 Å². The van der Waals surface area contributed by atoms with Crippen molar-refractivity contribution in [3.63, 3.8) is 0 Å². The Morgan fingerprint density at radius 3 is 2.16 bits per heavy atom. The summed E-state index contributed by atoms with van der Waals surface area (Å²) in [5, 5.41) is 0. The molecule has 0 unspecified atom stereocenters. The summed E-state index contributed by atoms with van der Waals surface area (Å²) >= 11 is 0. The van der Waals surface area contributed by atoms with Crippen molar-refractivity contribution < 1.29 is 19.1 Å². The molecule has 2 bridgehead atoms. The molecule has 0 aliphatic carbocycles. The monoisotopic (exact) mass is 352 g/mol. The first kappa shape index (κ1) is 18.5. The highest BCUT2D eigenvalue weighted by molar-refractivity contribution is 5.79. The van der Waals surface area contributed by atoms with Gasteiger partial charge in [0.05, 0.1) is 12.1 Å². The van der Waals surface area contributed by atoms with Crippen LogP contribution >= 0.6 is 0 Å². The average Bonchev–Trinajstić information content (AvgIpc) is 2.72. The molecule has 2 amide bonds. The zero-order valence-corrected chi connectivity index (χ0v) is 16.4. The van der Waals surface area contributed by atoms with Gasteiger partial charge < -0.3 is 19.3 Å². The first-order chi connectivity index (χ1) is 11.4. The van der Waals surface area contributed by atoms with Gasteiger partial charge in [-0.05, 0) is 67.2 Å². The molecule has 3 aliphatic rings. The second-order valence-electron chi connectivity index (χ2n) is 9.80. The SMILES string of the molecule is CC(C)(C)OC(=O)N1[C@H]2CC[C@H]1CC1(C2)CN(C(C)(C)C)C(=O)CO1. The zero-order valence-electron chi connectivity index (χ0n) is 16.4. The quantitative estimate of drug-likeness (QED) is 0.672. The second kappa shape index (κ2) is 5.86. The van der Waals surface area contributed by atoms with Crippen molar-refractivity contribution in [1.82, 2.24) is 9.80 Å². The highest BCUT2D eigenvalue weighted by atomic mass is 16.6. The molecule has 0 aromatic heterocycles. The van der Waals surface area contributed by atoms with Gasteiger partial charge >= 0.3 is 6.09 Å². The summed E-state index contributed by atoms with van der Waals surface area (Å²) in [6, 6.07) is 0.284. The third-order valence-corrected chi connectivity index (χ3v) is 5.50. The topological polar surface area (TPSA) is 59.1 Å². The van der Waals surface area contributed by atoms with Crippen LogP contribution in [0.4, 0.5) is 4.79 Å². The number of fused-ring (bicyclic) bond motifs is 2. The number of nitrogens with zero attached hydrogens (tertiary/aromatic N) is 2. The second-order valence-corrected chi connectivity index (χ2v) is 9.80. The maximum absolute atomic E-state index is 12.6. The lowest BCUT2D eigenvalue weighted by molar-refractivity contribution is -0.184. The predicted octanol–water partition coefficient (Wildman–Crippen LogP) is 2.94. The normalized spacial score (nSPS) is 33.1. The van der Waals surface area contributed by atoms with Crippen LogP contribution in [0.3, 0.4) is 0 Å². The maximum Gasteiger partial charge on any atom is 0.410 e. The van der Waals surface area contributed by atoms with E-state index in [0.717, 1.165) is 25.7 Å². The Hall–Kier alpha value is -1.30. The van der Waals surface area contributed by atoms with Crippen LogP contribution in [0.15, 0.2) is 0 Å². The number of hydrogen-bond donors (Lipinski definition) is 0. The summed E-state index contributed by atoms with van der Waals surface area (Å²) in [6.45, 7) is 12.6. The van der Waals surface area contributed by atoms with Crippen molar-refractivity contribution in [1.29, 1.82) is 0 Å². The number of ether oxygens (including phenoxy) is 2. The average molecular weight is 352 g/mol. The molecule has 2 atom stereocenters. The molecule has 0 saturated carbocycles. The Labute approximate surface area is 150 Å². The van der Waals surface area contributed by atoms with E-state index in [9.17, 15) is 9.59 Å². The number of hydrogen-bond acceptors (Lipinski definition) is 4. The van der Waals surface area contributed by atoms with Crippen molar-refractivity contribution >= 4 is 12.0 Å². The van der Waals surface area contributed by atoms with E-state index in [1.807, 2.05) is 30.6 Å². The molecule has 3 fully saturated rings. The number of carbonyl (C=O) groups is 2. The van der Waals surface area contributed by atoms with Gasteiger partial charge in [-0.15, -0.1) is 0 Å². The van der Waals surface area contributed by atoms with Gasteiger partial charge in [-0.2, -0.15) is 0 Å². The van der Waals surface area contributed by atoms with Gasteiger partial charge in [0.1, 0.15) is 12.2 Å². The van der Waals surface area contributed by atoms with E-state index < -0.39 is 5.60 Å². The summed E-state index contributed by atoms with van der Waals surface area (Å²) in [5.74, 6) is 0.0556. The van der Waals surface area contributed by atoms with Crippen molar-refractivity contribution in [3.8, 4) is 0 Å². The van der Waals surface area contributed by atoms with Crippen molar-refractivity contribution in [2.45, 2.75) is 96.1 Å². The Morgan fingerprint density at radius 1 is 1.12 bits per heavy atom. The van der Waals surface area contributed by atoms with Crippen LogP contribution in [0.1, 0.15) is 67.2 Å². The van der Waals surface area contributed by atoms with Crippen molar-refractivity contribution in [2.75, 3.05) is 13.2 Å². The fraction of sp³-hybridized carbons (Fsp3) is 0.895. The molecule has 6 nitrogen and oxygen atoms in total. The first-order valence-electron chi connectivity index (χ1n) is 9.36. The molecule has 6 heteroatoms. The minimum atomic E-state index is -0.484. The Bertz CT molecular complexity index is 547. The number of amides is 2. The van der Waals surface area contributed by atoms with Gasteiger partial charge in [0.2, 0.25) is 5.91 Å². The molecule has 3 saturated heterocycles. The van der Waals surface area contributed by atoms with E-state index in [0.29, 0.717) is 6.54 Å². The van der Waals surface area contributed by atoms with E-state index in [1.165, 1.54) is 0 Å². The van der Waals surface area contributed by atoms with Crippen LogP contribution in [0, 0.1) is 0 Å². The van der Waals surface area contributed by atoms with Crippen LogP contribution in [0.5, 0.6) is 0 Å². The Kier molecular flexibility index (Phi) is 4.34. The lowest BCUT2D eigenvalue weighted by Gasteiger charge is -2.52. The molecule has 142 valence electrons. The van der Waals surface area contributed by atoms with Gasteiger partial charge in [-0.25, -0.2) is 4.79 Å². The number of carbonyl (C=O) groups excluding carboxylic acids is 2. The van der Waals surface area contributed by atoms with Crippen LogP contribution in [-0.4, -0.2) is 63.8 Å². The van der Waals surface area contributed by atoms with Gasteiger partial charge in [0.25, 0.3) is 0 Å². The molecule has 0 N–H and O–H groups in total. The van der Waals surface area contributed by atoms with E-state index in [1.54, 1.807) is 0 Å². The molecular formula is C19H32N2O4. The highest BCUT2D eigenvalue weighted by Crippen LogP contribution is 2.45. The van der Waals surface area contributed by atoms with Crippen molar-refractivity contribution in [2.24, 2.45) is 0 Å². The summed E-state index contributed by atoms with van der Waals surface area (Å²) in [4.78, 5) is 28.8. The molecule has 0 aromatic carbocycles. The minimum Gasteiger partial charge on any atom is -0.444 e. The lowest BCUT2D eigenvalue weighted by Crippen LogP contribution is -2.65. The van der Waals surface area contributed by atoms with E-state index >= 15 is 0 Å². The molecule has 3 aliphatic heterocycles. The van der Waals surface area contributed by atoms with Gasteiger partial charge in [0.15, 0.2) is 0 Å². The number of piperidine rings is 1. The van der Waals surface area contributed by atoms with Crippen molar-refractivity contribution in [3.05, 3.63) is 0 Å². The molecule has 0 aromatic rings. The fourth-order valence-corrected chi connectivity index (χ4v) is 4.49. The minimum absolute atomic E-state index is 0.0556.